The first-order valence-electron chi connectivity index (χ1n) is 8.93. The second-order valence-corrected chi connectivity index (χ2v) is 6.33. The molecule has 0 aliphatic rings. The van der Waals surface area contributed by atoms with Gasteiger partial charge in [-0.05, 0) is 5.56 Å². The number of aromatic nitrogens is 3. The summed E-state index contributed by atoms with van der Waals surface area (Å²) in [5.74, 6) is -0.135. The number of amides is 1. The number of carbonyl (C=O) groups excluding carboxylic acids is 1. The number of rotatable bonds is 6. The Kier molecular flexibility index (Phi) is 4.97. The third kappa shape index (κ3) is 3.68. The van der Waals surface area contributed by atoms with Crippen LogP contribution in [0.15, 0.2) is 76.3 Å². The fourth-order valence-corrected chi connectivity index (χ4v) is 2.94. The Morgan fingerprint density at radius 2 is 1.75 bits per heavy atom. The molecule has 1 N–H and O–H groups in total. The van der Waals surface area contributed by atoms with Gasteiger partial charge in [0, 0.05) is 25.1 Å². The molecule has 140 valence electrons. The molecule has 2 heterocycles. The zero-order valence-electron chi connectivity index (χ0n) is 15.0. The molecule has 0 unspecified atom stereocenters. The van der Waals surface area contributed by atoms with Gasteiger partial charge >= 0.3 is 0 Å². The minimum Gasteiger partial charge on any atom is -0.352 e. The largest absolute Gasteiger partial charge is 0.352 e. The van der Waals surface area contributed by atoms with E-state index < -0.39 is 0 Å². The highest BCUT2D eigenvalue weighted by atomic mass is 16.5. The highest BCUT2D eigenvalue weighted by molar-refractivity contribution is 5.88. The van der Waals surface area contributed by atoms with Gasteiger partial charge in [0.15, 0.2) is 0 Å². The van der Waals surface area contributed by atoms with E-state index in [4.69, 9.17) is 4.52 Å². The second-order valence-electron chi connectivity index (χ2n) is 6.33. The lowest BCUT2D eigenvalue weighted by Crippen LogP contribution is -2.27. The minimum absolute atomic E-state index is 0.135. The van der Waals surface area contributed by atoms with E-state index in [2.05, 4.69) is 15.5 Å². The molecule has 0 aliphatic heterocycles. The molecule has 2 aromatic heterocycles. The van der Waals surface area contributed by atoms with E-state index in [1.54, 1.807) is 0 Å². The van der Waals surface area contributed by atoms with Crippen LogP contribution in [0, 0.1) is 0 Å². The molecule has 0 saturated carbocycles. The Morgan fingerprint density at radius 3 is 2.50 bits per heavy atom. The summed E-state index contributed by atoms with van der Waals surface area (Å²) in [5.41, 5.74) is 2.16. The molecular weight excluding hydrogens is 356 g/mol. The third-order valence-corrected chi connectivity index (χ3v) is 4.42. The van der Waals surface area contributed by atoms with Crippen LogP contribution >= 0.6 is 0 Å². The molecule has 2 aromatic carbocycles. The maximum Gasteiger partial charge on any atom is 0.266 e. The molecule has 7 heteroatoms. The fraction of sp³-hybridized carbons (Fsp3) is 0.143. The molecule has 1 amide bonds. The number of benzene rings is 2. The molecule has 0 spiro atoms. The van der Waals surface area contributed by atoms with Crippen molar-refractivity contribution in [1.82, 2.24) is 20.0 Å². The van der Waals surface area contributed by atoms with E-state index in [-0.39, 0.29) is 30.1 Å². The van der Waals surface area contributed by atoms with Crippen molar-refractivity contribution in [1.29, 1.82) is 0 Å². The summed E-state index contributed by atoms with van der Waals surface area (Å²) < 4.78 is 6.61. The van der Waals surface area contributed by atoms with Crippen LogP contribution in [0.5, 0.6) is 0 Å². The summed E-state index contributed by atoms with van der Waals surface area (Å²) in [6.45, 7) is 0.678. The second kappa shape index (κ2) is 7.87. The van der Waals surface area contributed by atoms with Crippen LogP contribution in [0.1, 0.15) is 12.0 Å². The van der Waals surface area contributed by atoms with Crippen molar-refractivity contribution in [2.45, 2.75) is 19.5 Å². The lowest BCUT2D eigenvalue weighted by Gasteiger charge is -2.07. The van der Waals surface area contributed by atoms with Gasteiger partial charge < -0.3 is 9.84 Å². The number of nitrogens with one attached hydrogen (secondary N) is 1. The van der Waals surface area contributed by atoms with Crippen molar-refractivity contribution >= 4 is 17.0 Å². The van der Waals surface area contributed by atoms with Gasteiger partial charge in [0.1, 0.15) is 17.4 Å². The Bertz CT molecular complexity index is 1150. The van der Waals surface area contributed by atoms with Gasteiger partial charge in [0.25, 0.3) is 11.3 Å². The van der Waals surface area contributed by atoms with Crippen LogP contribution in [-0.4, -0.2) is 20.6 Å². The average molecular weight is 374 g/mol. The smallest absolute Gasteiger partial charge is 0.266 e. The zero-order chi connectivity index (χ0) is 19.3. The van der Waals surface area contributed by atoms with Crippen LogP contribution in [0.3, 0.4) is 0 Å². The summed E-state index contributed by atoms with van der Waals surface area (Å²) in [5, 5.41) is 7.17. The first-order valence-corrected chi connectivity index (χ1v) is 8.93. The molecule has 0 saturated heterocycles. The third-order valence-electron chi connectivity index (χ3n) is 4.42. The first-order chi connectivity index (χ1) is 13.7. The molecule has 0 bridgehead atoms. The number of hydrogen-bond donors (Lipinski definition) is 1. The molecule has 7 nitrogen and oxygen atoms in total. The van der Waals surface area contributed by atoms with E-state index in [0.29, 0.717) is 17.6 Å². The number of carbonyl (C=O) groups is 1. The quantitative estimate of drug-likeness (QED) is 0.560. The maximum atomic E-state index is 12.9. The van der Waals surface area contributed by atoms with Crippen LogP contribution < -0.4 is 10.9 Å². The summed E-state index contributed by atoms with van der Waals surface area (Å²) >= 11 is 0. The van der Waals surface area contributed by atoms with Crippen molar-refractivity contribution in [2.24, 2.45) is 0 Å². The maximum absolute atomic E-state index is 12.9. The van der Waals surface area contributed by atoms with E-state index in [1.807, 2.05) is 60.7 Å². The standard InChI is InChI=1S/C21H18N4O3/c26-17(22-13-15-7-3-1-4-8-15)11-12-25-14-23-20-18(21(25)27)19(24-28-20)16-9-5-2-6-10-16/h1-10,14H,11-13H2,(H,22,26). The van der Waals surface area contributed by atoms with Gasteiger partial charge in [-0.2, -0.15) is 0 Å². The zero-order valence-corrected chi connectivity index (χ0v) is 15.0. The van der Waals surface area contributed by atoms with Crippen molar-refractivity contribution in [3.63, 3.8) is 0 Å². The van der Waals surface area contributed by atoms with Crippen LogP contribution in [0.25, 0.3) is 22.4 Å². The predicted octanol–water partition coefficient (Wildman–Crippen LogP) is 2.76. The Morgan fingerprint density at radius 1 is 1.04 bits per heavy atom. The van der Waals surface area contributed by atoms with Crippen molar-refractivity contribution in [3.8, 4) is 11.3 Å². The SMILES string of the molecule is O=C(CCn1cnc2onc(-c3ccccc3)c2c1=O)NCc1ccccc1. The van der Waals surface area contributed by atoms with Crippen molar-refractivity contribution in [2.75, 3.05) is 0 Å². The van der Waals surface area contributed by atoms with Gasteiger partial charge in [-0.3, -0.25) is 14.2 Å². The topological polar surface area (TPSA) is 90.0 Å². The van der Waals surface area contributed by atoms with Crippen LogP contribution in [0.2, 0.25) is 0 Å². The lowest BCUT2D eigenvalue weighted by molar-refractivity contribution is -0.121. The Hall–Kier alpha value is -3.74. The summed E-state index contributed by atoms with van der Waals surface area (Å²) in [6.07, 6.45) is 1.56. The van der Waals surface area contributed by atoms with Gasteiger partial charge in [0.05, 0.1) is 0 Å². The van der Waals surface area contributed by atoms with Gasteiger partial charge in [-0.1, -0.05) is 65.8 Å². The number of aryl methyl sites for hydroxylation is 1. The van der Waals surface area contributed by atoms with E-state index in [0.717, 1.165) is 11.1 Å². The lowest BCUT2D eigenvalue weighted by atomic mass is 10.1. The number of hydrogen-bond acceptors (Lipinski definition) is 5. The predicted molar refractivity (Wildman–Crippen MR) is 104 cm³/mol. The summed E-state index contributed by atoms with van der Waals surface area (Å²) in [4.78, 5) is 29.2. The first kappa shape index (κ1) is 17.7. The van der Waals surface area contributed by atoms with Gasteiger partial charge in [-0.25, -0.2) is 4.98 Å². The van der Waals surface area contributed by atoms with Crippen molar-refractivity contribution < 1.29 is 9.32 Å². The molecule has 4 aromatic rings. The van der Waals surface area contributed by atoms with E-state index >= 15 is 0 Å². The van der Waals surface area contributed by atoms with E-state index in [9.17, 15) is 9.59 Å². The Labute approximate surface area is 160 Å². The van der Waals surface area contributed by atoms with Crippen LogP contribution in [-0.2, 0) is 17.9 Å². The monoisotopic (exact) mass is 374 g/mol. The molecule has 4 rings (SSSR count). The number of nitrogens with zero attached hydrogens (tertiary/aromatic N) is 3. The molecule has 0 fully saturated rings. The van der Waals surface area contributed by atoms with Gasteiger partial charge in [0.2, 0.25) is 5.91 Å². The van der Waals surface area contributed by atoms with Gasteiger partial charge in [-0.15, -0.1) is 0 Å². The molecular formula is C21H18N4O3. The molecule has 0 atom stereocenters. The summed E-state index contributed by atoms with van der Waals surface area (Å²) in [7, 11) is 0. The van der Waals surface area contributed by atoms with Crippen LogP contribution in [0.4, 0.5) is 0 Å². The molecule has 0 radical (unpaired) electrons. The fourth-order valence-electron chi connectivity index (χ4n) is 2.94. The minimum atomic E-state index is -0.277. The normalized spacial score (nSPS) is 10.9. The van der Waals surface area contributed by atoms with E-state index in [1.165, 1.54) is 10.9 Å². The highest BCUT2D eigenvalue weighted by Crippen LogP contribution is 2.23. The molecule has 0 aliphatic carbocycles. The molecule has 28 heavy (non-hydrogen) atoms. The summed E-state index contributed by atoms with van der Waals surface area (Å²) in [6, 6.07) is 19.0. The van der Waals surface area contributed by atoms with Crippen molar-refractivity contribution in [3.05, 3.63) is 82.9 Å². The average Bonchev–Trinajstić information content (AvgIpc) is 3.18. The Balaban J connectivity index is 1.49. The number of fused-ring (bicyclic) bond motifs is 1. The highest BCUT2D eigenvalue weighted by Gasteiger charge is 2.17.